The second-order valence-electron chi connectivity index (χ2n) is 1.60. The third kappa shape index (κ3) is 265. The molecule has 0 heterocycles. The van der Waals surface area contributed by atoms with Gasteiger partial charge in [-0.1, -0.05) is 13.3 Å². The van der Waals surface area contributed by atoms with Crippen LogP contribution < -0.4 is 0 Å². The molecule has 70 valence electrons. The Hall–Kier alpha value is -0.610. The third-order valence-corrected chi connectivity index (χ3v) is 0.512. The minimum atomic E-state index is -0.833. The number of aliphatic hydroxyl groups excluding tert-OH is 2. The zero-order valence-corrected chi connectivity index (χ0v) is 7.37. The van der Waals surface area contributed by atoms with E-state index in [1.54, 1.807) is 0 Å². The molecule has 11 heavy (non-hydrogen) atoms. The number of unbranched alkanes of at least 4 members (excludes halogenated alkanes) is 1. The van der Waals surface area contributed by atoms with Crippen LogP contribution in [-0.2, 0) is 4.79 Å². The van der Waals surface area contributed by atoms with E-state index in [1.165, 1.54) is 0 Å². The number of carboxylic acid groups (broad SMARTS) is 1. The largest absolute Gasteiger partial charge is 0.481 e. The number of rotatable bonds is 2. The van der Waals surface area contributed by atoms with Crippen molar-refractivity contribution in [1.29, 1.82) is 0 Å². The lowest BCUT2D eigenvalue weighted by Crippen LogP contribution is -1.78. The smallest absolute Gasteiger partial charge is 0.300 e. The van der Waals surface area contributed by atoms with Crippen LogP contribution >= 0.6 is 0 Å². The van der Waals surface area contributed by atoms with Crippen molar-refractivity contribution < 1.29 is 20.1 Å². The van der Waals surface area contributed by atoms with E-state index in [9.17, 15) is 0 Å². The molecule has 0 aromatic carbocycles. The van der Waals surface area contributed by atoms with E-state index < -0.39 is 5.97 Å². The highest BCUT2D eigenvalue weighted by Crippen LogP contribution is 1.78. The number of carbonyl (C=O) groups is 1. The van der Waals surface area contributed by atoms with Gasteiger partial charge in [-0.2, -0.15) is 0 Å². The highest BCUT2D eigenvalue weighted by atomic mass is 16.4. The maximum atomic E-state index is 9.00. The highest BCUT2D eigenvalue weighted by molar-refractivity contribution is 5.62. The van der Waals surface area contributed by atoms with Crippen molar-refractivity contribution in [2.75, 3.05) is 13.7 Å². The van der Waals surface area contributed by atoms with Crippen LogP contribution in [0, 0.1) is 0 Å². The summed E-state index contributed by atoms with van der Waals surface area (Å²) in [6.45, 7) is 3.48. The summed E-state index contributed by atoms with van der Waals surface area (Å²) in [7, 11) is 1.00. The van der Waals surface area contributed by atoms with Crippen LogP contribution in [0.1, 0.15) is 26.7 Å². The molecule has 0 aliphatic carbocycles. The van der Waals surface area contributed by atoms with Crippen molar-refractivity contribution in [3.05, 3.63) is 0 Å². The van der Waals surface area contributed by atoms with Crippen LogP contribution in [0.15, 0.2) is 0 Å². The van der Waals surface area contributed by atoms with Crippen molar-refractivity contribution in [2.24, 2.45) is 0 Å². The molecule has 0 saturated heterocycles. The van der Waals surface area contributed by atoms with Crippen molar-refractivity contribution >= 4 is 5.97 Å². The van der Waals surface area contributed by atoms with E-state index in [2.05, 4.69) is 6.92 Å². The lowest BCUT2D eigenvalue weighted by atomic mass is 10.4. The molecule has 0 saturated carbocycles. The van der Waals surface area contributed by atoms with E-state index in [0.29, 0.717) is 6.61 Å². The normalized spacial score (nSPS) is 6.64. The van der Waals surface area contributed by atoms with Gasteiger partial charge in [0.25, 0.3) is 5.97 Å². The summed E-state index contributed by atoms with van der Waals surface area (Å²) >= 11 is 0. The minimum absolute atomic E-state index is 0.344. The molecule has 0 aromatic rings. The molecule has 0 aliphatic heterocycles. The van der Waals surface area contributed by atoms with Gasteiger partial charge >= 0.3 is 0 Å². The van der Waals surface area contributed by atoms with Gasteiger partial charge in [0, 0.05) is 20.6 Å². The van der Waals surface area contributed by atoms with E-state index in [-0.39, 0.29) is 0 Å². The molecular formula is C7H18O4. The quantitative estimate of drug-likeness (QED) is 0.557. The Bertz CT molecular complexity index is 57.5. The first-order chi connectivity index (χ1) is 5.15. The lowest BCUT2D eigenvalue weighted by molar-refractivity contribution is -0.134. The summed E-state index contributed by atoms with van der Waals surface area (Å²) in [6, 6.07) is 0. The Morgan fingerprint density at radius 3 is 1.64 bits per heavy atom. The second kappa shape index (κ2) is 22.8. The fraction of sp³-hybridized carbons (Fsp3) is 0.857. The minimum Gasteiger partial charge on any atom is -0.481 e. The number of hydrogen-bond donors (Lipinski definition) is 3. The van der Waals surface area contributed by atoms with Gasteiger partial charge in [0.05, 0.1) is 0 Å². The van der Waals surface area contributed by atoms with Crippen LogP contribution in [0.4, 0.5) is 0 Å². The molecule has 0 aliphatic rings. The Kier molecular flexibility index (Phi) is 34.7. The predicted molar refractivity (Wildman–Crippen MR) is 43.4 cm³/mol. The van der Waals surface area contributed by atoms with Crippen LogP contribution in [0.2, 0.25) is 0 Å². The van der Waals surface area contributed by atoms with Gasteiger partial charge in [-0.3, -0.25) is 4.79 Å². The maximum absolute atomic E-state index is 9.00. The fourth-order valence-corrected chi connectivity index (χ4v) is 0.158. The zero-order chi connectivity index (χ0) is 9.70. The summed E-state index contributed by atoms with van der Waals surface area (Å²) in [5.74, 6) is -0.833. The Morgan fingerprint density at radius 2 is 1.64 bits per heavy atom. The molecule has 0 bridgehead atoms. The first kappa shape index (κ1) is 16.8. The molecule has 4 nitrogen and oxygen atoms in total. The molecule has 0 unspecified atom stereocenters. The van der Waals surface area contributed by atoms with Crippen LogP contribution in [0.5, 0.6) is 0 Å². The summed E-state index contributed by atoms with van der Waals surface area (Å²) in [6.07, 6.45) is 2.04. The molecule has 0 radical (unpaired) electrons. The summed E-state index contributed by atoms with van der Waals surface area (Å²) in [5.41, 5.74) is 0. The van der Waals surface area contributed by atoms with Crippen LogP contribution in [0.25, 0.3) is 0 Å². The highest BCUT2D eigenvalue weighted by Gasteiger charge is 1.69. The van der Waals surface area contributed by atoms with Gasteiger partial charge in [-0.25, -0.2) is 0 Å². The first-order valence-corrected chi connectivity index (χ1v) is 3.40. The lowest BCUT2D eigenvalue weighted by Gasteiger charge is -1.79. The molecule has 0 atom stereocenters. The summed E-state index contributed by atoms with van der Waals surface area (Å²) in [4.78, 5) is 9.00. The van der Waals surface area contributed by atoms with Gasteiger partial charge in [0.2, 0.25) is 0 Å². The average Bonchev–Trinajstić information content (AvgIpc) is 1.93. The first-order valence-electron chi connectivity index (χ1n) is 3.40. The van der Waals surface area contributed by atoms with Crippen molar-refractivity contribution in [2.45, 2.75) is 26.7 Å². The standard InChI is InChI=1S/C4H10O.C2H4O2.CH4O/c1-2-3-4-5;1-2(3)4;1-2/h5H,2-4H2,1H3;1H3,(H,3,4);2H,1H3. The Morgan fingerprint density at radius 1 is 1.36 bits per heavy atom. The van der Waals surface area contributed by atoms with Crippen molar-refractivity contribution in [3.63, 3.8) is 0 Å². The van der Waals surface area contributed by atoms with Crippen LogP contribution in [0.3, 0.4) is 0 Å². The number of carboxylic acids is 1. The van der Waals surface area contributed by atoms with Gasteiger partial charge in [-0.05, 0) is 6.42 Å². The predicted octanol–water partition coefficient (Wildman–Crippen LogP) is 0.478. The second-order valence-corrected chi connectivity index (χ2v) is 1.60. The van der Waals surface area contributed by atoms with Gasteiger partial charge in [-0.15, -0.1) is 0 Å². The molecule has 3 N–H and O–H groups in total. The third-order valence-electron chi connectivity index (χ3n) is 0.512. The van der Waals surface area contributed by atoms with Crippen molar-refractivity contribution in [1.82, 2.24) is 0 Å². The monoisotopic (exact) mass is 166 g/mol. The van der Waals surface area contributed by atoms with Gasteiger partial charge in [0.15, 0.2) is 0 Å². The number of hydrogen-bond acceptors (Lipinski definition) is 3. The summed E-state index contributed by atoms with van der Waals surface area (Å²) in [5, 5.41) is 22.5. The van der Waals surface area contributed by atoms with Gasteiger partial charge < -0.3 is 15.3 Å². The van der Waals surface area contributed by atoms with E-state index in [1.807, 2.05) is 0 Å². The zero-order valence-electron chi connectivity index (χ0n) is 7.37. The van der Waals surface area contributed by atoms with Crippen molar-refractivity contribution in [3.8, 4) is 0 Å². The van der Waals surface area contributed by atoms with Gasteiger partial charge in [0.1, 0.15) is 0 Å². The fourth-order valence-electron chi connectivity index (χ4n) is 0.158. The van der Waals surface area contributed by atoms with E-state index in [4.69, 9.17) is 20.1 Å². The topological polar surface area (TPSA) is 77.8 Å². The SMILES string of the molecule is CC(=O)O.CCCCO.CO. The molecule has 4 heteroatoms. The maximum Gasteiger partial charge on any atom is 0.300 e. The number of aliphatic carboxylic acids is 1. The Labute approximate surface area is 67.5 Å². The van der Waals surface area contributed by atoms with E-state index >= 15 is 0 Å². The average molecular weight is 166 g/mol. The molecular weight excluding hydrogens is 148 g/mol. The molecule has 0 amide bonds. The number of aliphatic hydroxyl groups is 2. The summed E-state index contributed by atoms with van der Waals surface area (Å²) < 4.78 is 0. The molecule has 0 rings (SSSR count). The molecule has 0 fully saturated rings. The van der Waals surface area contributed by atoms with Crippen LogP contribution in [-0.4, -0.2) is 35.0 Å². The molecule has 0 spiro atoms. The Balaban J connectivity index is -0.0000000965. The molecule has 0 aromatic heterocycles. The van der Waals surface area contributed by atoms with E-state index in [0.717, 1.165) is 26.9 Å².